The zero-order chi connectivity index (χ0) is 21.1. The number of nitrogens with two attached hydrogens (primary N) is 1. The second-order valence-electron chi connectivity index (χ2n) is 6.20. The smallest absolute Gasteiger partial charge is 0.355 e. The number of nitrogens with one attached hydrogen (secondary N) is 1. The number of carbonyl (C=O) groups is 3. The molecule has 12 heteroatoms. The molecule has 154 valence electrons. The van der Waals surface area contributed by atoms with Crippen molar-refractivity contribution in [1.82, 2.24) is 15.2 Å². The highest BCUT2D eigenvalue weighted by Gasteiger charge is 2.53. The second-order valence-corrected chi connectivity index (χ2v) is 8.24. The number of oxime groups is 1. The second kappa shape index (κ2) is 8.66. The standard InChI is InChI=1S/C17H19N5O5S2/c1-8(2)6-27-16(25)10-4-5-28-15-12(14(24)22(10)15)20-13(23)11(21-26-3)9-7-29-17(18)19-9/h4,7,12,15H,1,5-6H2,2-3H3,(H2,18,19)(H,20,23)/t12?,15-/m0/s1. The molecule has 29 heavy (non-hydrogen) atoms. The molecule has 0 bridgehead atoms. The zero-order valence-electron chi connectivity index (χ0n) is 15.7. The van der Waals surface area contributed by atoms with Gasteiger partial charge in [-0.05, 0) is 18.6 Å². The number of nitrogens with zero attached hydrogens (tertiary/aromatic N) is 3. The number of hydrogen-bond donors (Lipinski definition) is 2. The quantitative estimate of drug-likeness (QED) is 0.207. The molecule has 3 N–H and O–H groups in total. The van der Waals surface area contributed by atoms with E-state index in [-0.39, 0.29) is 28.8 Å². The summed E-state index contributed by atoms with van der Waals surface area (Å²) in [6.07, 6.45) is 1.63. The van der Waals surface area contributed by atoms with Crippen LogP contribution in [0.2, 0.25) is 0 Å². The molecule has 0 aromatic carbocycles. The summed E-state index contributed by atoms with van der Waals surface area (Å²) in [5.74, 6) is -1.14. The van der Waals surface area contributed by atoms with E-state index < -0.39 is 29.2 Å². The van der Waals surface area contributed by atoms with Crippen molar-refractivity contribution in [3.05, 3.63) is 35.0 Å². The van der Waals surface area contributed by atoms with E-state index in [4.69, 9.17) is 15.3 Å². The van der Waals surface area contributed by atoms with Crippen molar-refractivity contribution in [2.45, 2.75) is 18.3 Å². The van der Waals surface area contributed by atoms with Gasteiger partial charge < -0.3 is 20.6 Å². The Hall–Kier alpha value is -2.86. The highest BCUT2D eigenvalue weighted by molar-refractivity contribution is 8.00. The van der Waals surface area contributed by atoms with Crippen molar-refractivity contribution in [2.75, 3.05) is 25.2 Å². The van der Waals surface area contributed by atoms with Gasteiger partial charge in [0.15, 0.2) is 10.8 Å². The van der Waals surface area contributed by atoms with E-state index in [1.807, 2.05) is 0 Å². The van der Waals surface area contributed by atoms with Crippen LogP contribution in [0.4, 0.5) is 5.13 Å². The van der Waals surface area contributed by atoms with Crippen LogP contribution >= 0.6 is 23.1 Å². The molecule has 3 rings (SSSR count). The molecule has 1 aromatic heterocycles. The van der Waals surface area contributed by atoms with E-state index in [9.17, 15) is 14.4 Å². The average Bonchev–Trinajstić information content (AvgIpc) is 3.13. The van der Waals surface area contributed by atoms with Crippen molar-refractivity contribution in [2.24, 2.45) is 5.16 Å². The third-order valence-electron chi connectivity index (χ3n) is 3.95. The Labute approximate surface area is 174 Å². The van der Waals surface area contributed by atoms with Crippen molar-refractivity contribution in [3.8, 4) is 0 Å². The van der Waals surface area contributed by atoms with Crippen molar-refractivity contribution < 1.29 is 24.0 Å². The molecule has 3 heterocycles. The number of rotatable bonds is 7. The minimum atomic E-state index is -0.817. The maximum atomic E-state index is 12.7. The third-order valence-corrected chi connectivity index (χ3v) is 5.81. The van der Waals surface area contributed by atoms with Gasteiger partial charge in [-0.2, -0.15) is 0 Å². The Balaban J connectivity index is 1.69. The van der Waals surface area contributed by atoms with Crippen LogP contribution in [0.15, 0.2) is 34.5 Å². The van der Waals surface area contributed by atoms with Crippen LogP contribution in [0.3, 0.4) is 0 Å². The molecule has 2 amide bonds. The number of amides is 2. The number of thiazole rings is 1. The Bertz CT molecular complexity index is 925. The van der Waals surface area contributed by atoms with Gasteiger partial charge in [-0.15, -0.1) is 23.1 Å². The Morgan fingerprint density at radius 1 is 1.52 bits per heavy atom. The average molecular weight is 438 g/mol. The zero-order valence-corrected chi connectivity index (χ0v) is 17.3. The third kappa shape index (κ3) is 4.27. The van der Waals surface area contributed by atoms with Gasteiger partial charge in [-0.3, -0.25) is 14.5 Å². The van der Waals surface area contributed by atoms with Gasteiger partial charge in [0.1, 0.15) is 36.5 Å². The lowest BCUT2D eigenvalue weighted by molar-refractivity contribution is -0.152. The minimum absolute atomic E-state index is 0.0732. The number of thioether (sulfide) groups is 1. The number of ether oxygens (including phenoxy) is 1. The van der Waals surface area contributed by atoms with Crippen molar-refractivity contribution >= 4 is 51.7 Å². The lowest BCUT2D eigenvalue weighted by atomic mass is 10.0. The topological polar surface area (TPSA) is 136 Å². The molecule has 2 aliphatic heterocycles. The van der Waals surface area contributed by atoms with Crippen LogP contribution in [-0.2, 0) is 24.0 Å². The van der Waals surface area contributed by atoms with Crippen molar-refractivity contribution in [1.29, 1.82) is 0 Å². The summed E-state index contributed by atoms with van der Waals surface area (Å²) in [5.41, 5.74) is 6.62. The first-order chi connectivity index (χ1) is 13.8. The van der Waals surface area contributed by atoms with E-state index in [1.54, 1.807) is 18.4 Å². The van der Waals surface area contributed by atoms with E-state index in [2.05, 4.69) is 22.0 Å². The van der Waals surface area contributed by atoms with Crippen molar-refractivity contribution in [3.63, 3.8) is 0 Å². The summed E-state index contributed by atoms with van der Waals surface area (Å²) < 4.78 is 5.14. The van der Waals surface area contributed by atoms with E-state index in [0.717, 1.165) is 11.3 Å². The molecular weight excluding hydrogens is 418 g/mol. The van der Waals surface area contributed by atoms with Gasteiger partial charge >= 0.3 is 5.97 Å². The summed E-state index contributed by atoms with van der Waals surface area (Å²) in [4.78, 5) is 47.6. The van der Waals surface area contributed by atoms with Gasteiger partial charge in [0, 0.05) is 11.1 Å². The lowest BCUT2D eigenvalue weighted by Gasteiger charge is -2.48. The molecule has 0 aliphatic carbocycles. The van der Waals surface area contributed by atoms with Gasteiger partial charge in [-0.25, -0.2) is 9.78 Å². The summed E-state index contributed by atoms with van der Waals surface area (Å²) in [5, 5.41) is 7.75. The maximum Gasteiger partial charge on any atom is 0.355 e. The van der Waals surface area contributed by atoms with Crippen LogP contribution < -0.4 is 11.1 Å². The summed E-state index contributed by atoms with van der Waals surface area (Å²) in [6, 6.07) is -0.817. The van der Waals surface area contributed by atoms with Gasteiger partial charge in [0.2, 0.25) is 0 Å². The van der Waals surface area contributed by atoms with Crippen LogP contribution in [0.5, 0.6) is 0 Å². The fraction of sp³-hybridized carbons (Fsp3) is 0.353. The van der Waals surface area contributed by atoms with Crippen LogP contribution in [0, 0.1) is 0 Å². The van der Waals surface area contributed by atoms with Gasteiger partial charge in [-0.1, -0.05) is 11.7 Å². The maximum absolute atomic E-state index is 12.7. The highest BCUT2D eigenvalue weighted by Crippen LogP contribution is 2.37. The number of β-lactam (4-membered cyclic amide) rings is 1. The first-order valence-corrected chi connectivity index (χ1v) is 10.4. The van der Waals surface area contributed by atoms with E-state index in [0.29, 0.717) is 11.3 Å². The monoisotopic (exact) mass is 437 g/mol. The van der Waals surface area contributed by atoms with Crippen LogP contribution in [-0.4, -0.2) is 64.3 Å². The first-order valence-electron chi connectivity index (χ1n) is 8.43. The van der Waals surface area contributed by atoms with Gasteiger partial charge in [0.25, 0.3) is 11.8 Å². The molecule has 1 fully saturated rings. The summed E-state index contributed by atoms with van der Waals surface area (Å²) in [6.45, 7) is 5.48. The molecule has 0 saturated carbocycles. The summed E-state index contributed by atoms with van der Waals surface area (Å²) >= 11 is 2.57. The predicted octanol–water partition coefficient (Wildman–Crippen LogP) is 0.479. The number of carbonyl (C=O) groups excluding carboxylic acids is 3. The van der Waals surface area contributed by atoms with Crippen LogP contribution in [0.1, 0.15) is 12.6 Å². The molecule has 1 saturated heterocycles. The molecule has 1 aromatic rings. The molecular formula is C17H19N5O5S2. The Morgan fingerprint density at radius 3 is 2.90 bits per heavy atom. The molecule has 0 radical (unpaired) electrons. The number of fused-ring (bicyclic) bond motifs is 1. The minimum Gasteiger partial charge on any atom is -0.457 e. The van der Waals surface area contributed by atoms with E-state index in [1.165, 1.54) is 23.8 Å². The SMILES string of the molecule is C=C(C)COC(=O)C1=CCS[C@H]2C(NC(=O)C(=NOC)c3csc(N)n3)C(=O)N12. The van der Waals surface area contributed by atoms with E-state index >= 15 is 0 Å². The highest BCUT2D eigenvalue weighted by atomic mass is 32.2. The molecule has 2 aliphatic rings. The predicted molar refractivity (Wildman–Crippen MR) is 109 cm³/mol. The molecule has 2 atom stereocenters. The largest absolute Gasteiger partial charge is 0.457 e. The first kappa shape index (κ1) is 20.9. The normalized spacial score (nSPS) is 20.9. The van der Waals surface area contributed by atoms with Crippen LogP contribution in [0.25, 0.3) is 0 Å². The number of anilines is 1. The van der Waals surface area contributed by atoms with Gasteiger partial charge in [0.05, 0.1) is 0 Å². The fourth-order valence-electron chi connectivity index (χ4n) is 2.69. The Morgan fingerprint density at radius 2 is 2.28 bits per heavy atom. The molecule has 10 nitrogen and oxygen atoms in total. The number of hydrogen-bond acceptors (Lipinski definition) is 10. The molecule has 1 unspecified atom stereocenters. The summed E-state index contributed by atoms with van der Waals surface area (Å²) in [7, 11) is 1.30. The molecule has 0 spiro atoms. The number of esters is 1. The lowest BCUT2D eigenvalue weighted by Crippen LogP contribution is -2.70. The number of nitrogen functional groups attached to an aromatic ring is 1. The Kier molecular flexibility index (Phi) is 6.23. The number of aromatic nitrogens is 1. The fourth-order valence-corrected chi connectivity index (χ4v) is 4.44.